The highest BCUT2D eigenvalue weighted by Crippen LogP contribution is 2.21. The van der Waals surface area contributed by atoms with E-state index >= 15 is 0 Å². The molecule has 1 aliphatic rings. The van der Waals surface area contributed by atoms with Gasteiger partial charge in [0.15, 0.2) is 0 Å². The highest BCUT2D eigenvalue weighted by atomic mass is 15.1. The summed E-state index contributed by atoms with van der Waals surface area (Å²) in [6.07, 6.45) is 5.98. The zero-order valence-corrected chi connectivity index (χ0v) is 14.8. The van der Waals surface area contributed by atoms with Crippen LogP contribution in [0.3, 0.4) is 0 Å². The van der Waals surface area contributed by atoms with E-state index in [0.29, 0.717) is 0 Å². The van der Waals surface area contributed by atoms with Crippen LogP contribution in [-0.2, 0) is 6.42 Å². The molecule has 1 aliphatic heterocycles. The molecule has 1 aromatic heterocycles. The molecule has 0 unspecified atom stereocenters. The number of rotatable bonds is 3. The predicted molar refractivity (Wildman–Crippen MR) is 105 cm³/mol. The molecule has 3 aromatic rings. The molecule has 2 heterocycles. The van der Waals surface area contributed by atoms with Crippen molar-refractivity contribution in [1.29, 1.82) is 0 Å². The highest BCUT2D eigenvalue weighted by molar-refractivity contribution is 5.84. The third kappa shape index (κ3) is 3.78. The fraction of sp³-hybridized carbons (Fsp3) is 0.304. The Labute approximate surface area is 149 Å². The first kappa shape index (κ1) is 16.0. The van der Waals surface area contributed by atoms with Crippen molar-refractivity contribution in [2.75, 3.05) is 19.6 Å². The van der Waals surface area contributed by atoms with Gasteiger partial charge in [0.1, 0.15) is 0 Å². The van der Waals surface area contributed by atoms with Crippen LogP contribution in [0.4, 0.5) is 0 Å². The van der Waals surface area contributed by atoms with Crippen molar-refractivity contribution in [3.63, 3.8) is 0 Å². The van der Waals surface area contributed by atoms with Crippen LogP contribution in [0.25, 0.3) is 10.9 Å². The fourth-order valence-electron chi connectivity index (χ4n) is 3.53. The maximum atomic E-state index is 3.40. The van der Waals surface area contributed by atoms with Crippen LogP contribution in [0.15, 0.2) is 48.7 Å². The minimum Gasteiger partial charge on any atom is -0.361 e. The highest BCUT2D eigenvalue weighted by Gasteiger charge is 2.12. The number of benzene rings is 2. The molecule has 0 saturated carbocycles. The van der Waals surface area contributed by atoms with Gasteiger partial charge in [-0.1, -0.05) is 29.5 Å². The topological polar surface area (TPSA) is 19.0 Å². The van der Waals surface area contributed by atoms with Gasteiger partial charge in [0.25, 0.3) is 0 Å². The Morgan fingerprint density at radius 3 is 2.48 bits per heavy atom. The zero-order chi connectivity index (χ0) is 17.1. The molecular weight excluding hydrogens is 304 g/mol. The van der Waals surface area contributed by atoms with Gasteiger partial charge in [0.2, 0.25) is 0 Å². The molecule has 2 heteroatoms. The van der Waals surface area contributed by atoms with Crippen molar-refractivity contribution in [3.05, 3.63) is 70.9 Å². The number of aromatic amines is 1. The summed E-state index contributed by atoms with van der Waals surface area (Å²) in [6.45, 7) is 5.78. The van der Waals surface area contributed by atoms with Gasteiger partial charge in [-0.2, -0.15) is 0 Å². The van der Waals surface area contributed by atoms with Gasteiger partial charge in [-0.3, -0.25) is 0 Å². The number of aryl methyl sites for hydroxylation is 1. The molecule has 2 aromatic carbocycles. The lowest BCUT2D eigenvalue weighted by atomic mass is 10.1. The van der Waals surface area contributed by atoms with E-state index in [1.54, 1.807) is 0 Å². The monoisotopic (exact) mass is 328 g/mol. The summed E-state index contributed by atoms with van der Waals surface area (Å²) in [4.78, 5) is 5.97. The van der Waals surface area contributed by atoms with E-state index in [1.165, 1.54) is 48.0 Å². The lowest BCUT2D eigenvalue weighted by Gasteiger charge is -2.13. The Morgan fingerprint density at radius 1 is 0.960 bits per heavy atom. The van der Waals surface area contributed by atoms with Gasteiger partial charge >= 0.3 is 0 Å². The van der Waals surface area contributed by atoms with Gasteiger partial charge in [-0.25, -0.2) is 0 Å². The van der Waals surface area contributed by atoms with E-state index in [2.05, 4.69) is 77.3 Å². The van der Waals surface area contributed by atoms with Gasteiger partial charge < -0.3 is 9.88 Å². The average molecular weight is 328 g/mol. The number of nitrogens with one attached hydrogen (secondary N) is 1. The molecule has 4 rings (SSSR count). The number of nitrogens with zero attached hydrogens (tertiary/aromatic N) is 1. The van der Waals surface area contributed by atoms with E-state index in [0.717, 1.165) is 24.1 Å². The SMILES string of the molecule is Cc1ccc(C#Cc2ccc3[nH]cc(CCN4CCCC4)c3c2)cc1. The Balaban J connectivity index is 1.54. The van der Waals surface area contributed by atoms with Crippen LogP contribution in [0.5, 0.6) is 0 Å². The quantitative estimate of drug-likeness (QED) is 0.701. The molecule has 0 radical (unpaired) electrons. The molecule has 2 nitrogen and oxygen atoms in total. The summed E-state index contributed by atoms with van der Waals surface area (Å²) < 4.78 is 0. The van der Waals surface area contributed by atoms with Crippen LogP contribution in [0, 0.1) is 18.8 Å². The zero-order valence-electron chi connectivity index (χ0n) is 14.8. The van der Waals surface area contributed by atoms with Gasteiger partial charge in [0, 0.05) is 34.8 Å². The largest absolute Gasteiger partial charge is 0.361 e. The molecular formula is C23H24N2. The number of likely N-dealkylation sites (tertiary alicyclic amines) is 1. The first-order chi connectivity index (χ1) is 12.3. The van der Waals surface area contributed by atoms with Gasteiger partial charge in [-0.15, -0.1) is 0 Å². The van der Waals surface area contributed by atoms with Crippen molar-refractivity contribution in [3.8, 4) is 11.8 Å². The number of hydrogen-bond acceptors (Lipinski definition) is 1. The second-order valence-corrected chi connectivity index (χ2v) is 6.99. The molecule has 0 bridgehead atoms. The molecule has 0 aliphatic carbocycles. The lowest BCUT2D eigenvalue weighted by Crippen LogP contribution is -2.21. The van der Waals surface area contributed by atoms with E-state index in [-0.39, 0.29) is 0 Å². The van der Waals surface area contributed by atoms with E-state index in [1.807, 2.05) is 0 Å². The normalized spacial score (nSPS) is 14.6. The second-order valence-electron chi connectivity index (χ2n) is 6.99. The number of aromatic nitrogens is 1. The summed E-state index contributed by atoms with van der Waals surface area (Å²) in [7, 11) is 0. The minimum atomic E-state index is 1.06. The molecule has 1 fully saturated rings. The number of H-pyrrole nitrogens is 1. The molecule has 0 spiro atoms. The van der Waals surface area contributed by atoms with Crippen LogP contribution in [0.2, 0.25) is 0 Å². The minimum absolute atomic E-state index is 1.06. The Kier molecular flexibility index (Phi) is 4.59. The number of hydrogen-bond donors (Lipinski definition) is 1. The van der Waals surface area contributed by atoms with Crippen LogP contribution >= 0.6 is 0 Å². The number of fused-ring (bicyclic) bond motifs is 1. The van der Waals surface area contributed by atoms with Crippen LogP contribution in [-0.4, -0.2) is 29.5 Å². The summed E-state index contributed by atoms with van der Waals surface area (Å²) in [5, 5.41) is 1.31. The van der Waals surface area contributed by atoms with Crippen LogP contribution in [0.1, 0.15) is 35.1 Å². The molecule has 126 valence electrons. The van der Waals surface area contributed by atoms with Crippen molar-refractivity contribution in [2.24, 2.45) is 0 Å². The van der Waals surface area contributed by atoms with Crippen molar-refractivity contribution in [2.45, 2.75) is 26.2 Å². The molecule has 1 N–H and O–H groups in total. The maximum absolute atomic E-state index is 3.40. The van der Waals surface area contributed by atoms with Gasteiger partial charge in [0.05, 0.1) is 0 Å². The maximum Gasteiger partial charge on any atom is 0.0457 e. The predicted octanol–water partition coefficient (Wildman–Crippen LogP) is 4.51. The third-order valence-corrected chi connectivity index (χ3v) is 5.07. The van der Waals surface area contributed by atoms with Gasteiger partial charge in [-0.05, 0) is 75.2 Å². The molecule has 25 heavy (non-hydrogen) atoms. The smallest absolute Gasteiger partial charge is 0.0457 e. The standard InChI is InChI=1S/C23H24N2/c1-18-4-6-19(7-5-18)8-9-20-10-11-23-22(16-20)21(17-24-23)12-15-25-13-2-3-14-25/h4-7,10-11,16-17,24H,2-3,12-15H2,1H3. The average Bonchev–Trinajstić information content (AvgIpc) is 3.29. The summed E-state index contributed by atoms with van der Waals surface area (Å²) in [5.41, 5.74) is 6.02. The van der Waals surface area contributed by atoms with E-state index < -0.39 is 0 Å². The molecule has 0 amide bonds. The Hall–Kier alpha value is -2.50. The third-order valence-electron chi connectivity index (χ3n) is 5.07. The Morgan fingerprint density at radius 2 is 1.68 bits per heavy atom. The second kappa shape index (κ2) is 7.17. The van der Waals surface area contributed by atoms with Crippen molar-refractivity contribution >= 4 is 10.9 Å². The van der Waals surface area contributed by atoms with Crippen molar-refractivity contribution < 1.29 is 0 Å². The Bertz CT molecular complexity index is 916. The van der Waals surface area contributed by atoms with Crippen molar-refractivity contribution in [1.82, 2.24) is 9.88 Å². The first-order valence-electron chi connectivity index (χ1n) is 9.19. The lowest BCUT2D eigenvalue weighted by molar-refractivity contribution is 0.344. The first-order valence-corrected chi connectivity index (χ1v) is 9.19. The molecule has 1 saturated heterocycles. The van der Waals surface area contributed by atoms with Crippen LogP contribution < -0.4 is 0 Å². The summed E-state index contributed by atoms with van der Waals surface area (Å²) in [5.74, 6) is 6.59. The summed E-state index contributed by atoms with van der Waals surface area (Å²) in [6, 6.07) is 14.9. The summed E-state index contributed by atoms with van der Waals surface area (Å²) >= 11 is 0. The fourth-order valence-corrected chi connectivity index (χ4v) is 3.53. The molecule has 0 atom stereocenters. The van der Waals surface area contributed by atoms with E-state index in [9.17, 15) is 0 Å². The van der Waals surface area contributed by atoms with E-state index in [4.69, 9.17) is 0 Å².